The van der Waals surface area contributed by atoms with Crippen molar-refractivity contribution >= 4 is 43.6 Å². The molecule has 0 aliphatic rings. The van der Waals surface area contributed by atoms with Gasteiger partial charge in [-0.3, -0.25) is 0 Å². The van der Waals surface area contributed by atoms with Crippen molar-refractivity contribution in [2.45, 2.75) is 13.8 Å². The van der Waals surface area contributed by atoms with Crippen LogP contribution >= 0.6 is 0 Å². The molecule has 14 aromatic carbocycles. The molecule has 8 heteroatoms. The maximum Gasteiger partial charge on any atom is 0.164 e. The van der Waals surface area contributed by atoms with E-state index in [2.05, 4.69) is 290 Å². The fraction of sp³-hybridized carbons (Fsp3) is 0.0217. The van der Waals surface area contributed by atoms with Crippen molar-refractivity contribution in [3.63, 3.8) is 0 Å². The van der Waals surface area contributed by atoms with Crippen LogP contribution in [0, 0.1) is 13.8 Å². The van der Waals surface area contributed by atoms with Gasteiger partial charge >= 0.3 is 0 Å². The molecule has 0 spiro atoms. The first kappa shape index (κ1) is 59.2. The van der Waals surface area contributed by atoms with Crippen LogP contribution in [0.25, 0.3) is 179 Å². The first-order chi connectivity index (χ1) is 49.3. The minimum Gasteiger partial charge on any atom is -0.309 e. The van der Waals surface area contributed by atoms with Crippen LogP contribution in [0.15, 0.2) is 340 Å². The number of para-hydroxylation sites is 2. The predicted molar refractivity (Wildman–Crippen MR) is 411 cm³/mol. The van der Waals surface area contributed by atoms with Crippen LogP contribution in [0.1, 0.15) is 11.1 Å². The number of aromatic nitrogens is 8. The lowest BCUT2D eigenvalue weighted by Crippen LogP contribution is -2.02. The molecule has 0 saturated heterocycles. The lowest BCUT2D eigenvalue weighted by molar-refractivity contribution is 1.07. The summed E-state index contributed by atoms with van der Waals surface area (Å²) in [6.07, 6.45) is 0. The van der Waals surface area contributed by atoms with Crippen molar-refractivity contribution in [1.82, 2.24) is 39.0 Å². The van der Waals surface area contributed by atoms with Crippen LogP contribution in [0.4, 0.5) is 0 Å². The van der Waals surface area contributed by atoms with Crippen LogP contribution in [0.3, 0.4) is 0 Å². The zero-order valence-corrected chi connectivity index (χ0v) is 54.9. The van der Waals surface area contributed by atoms with Crippen LogP contribution in [-0.2, 0) is 0 Å². The van der Waals surface area contributed by atoms with Crippen molar-refractivity contribution in [3.8, 4) is 135 Å². The number of benzene rings is 14. The molecule has 0 unspecified atom stereocenters. The fourth-order valence-corrected chi connectivity index (χ4v) is 14.4. The summed E-state index contributed by atoms with van der Waals surface area (Å²) < 4.78 is 4.81. The molecule has 0 amide bonds. The van der Waals surface area contributed by atoms with Gasteiger partial charge in [0.25, 0.3) is 0 Å². The zero-order valence-electron chi connectivity index (χ0n) is 54.9. The van der Waals surface area contributed by atoms with Gasteiger partial charge in [0.05, 0.1) is 22.1 Å². The monoisotopic (exact) mass is 1280 g/mol. The summed E-state index contributed by atoms with van der Waals surface area (Å²) in [5.74, 6) is 3.47. The van der Waals surface area contributed by atoms with Crippen LogP contribution in [-0.4, -0.2) is 39.0 Å². The summed E-state index contributed by atoms with van der Waals surface area (Å²) in [6.45, 7) is 4.30. The zero-order chi connectivity index (χ0) is 66.6. The smallest absolute Gasteiger partial charge is 0.164 e. The number of hydrogen-bond acceptors (Lipinski definition) is 6. The first-order valence-electron chi connectivity index (χ1n) is 33.8. The molecule has 470 valence electrons. The van der Waals surface area contributed by atoms with Gasteiger partial charge in [-0.25, -0.2) is 29.9 Å². The molecule has 4 aromatic heterocycles. The third-order valence-corrected chi connectivity index (χ3v) is 19.1. The second-order valence-electron chi connectivity index (χ2n) is 25.6. The largest absolute Gasteiger partial charge is 0.309 e. The Labute approximate surface area is 579 Å². The molecule has 4 heterocycles. The van der Waals surface area contributed by atoms with E-state index in [0.29, 0.717) is 34.9 Å². The minimum absolute atomic E-state index is 0.557. The summed E-state index contributed by atoms with van der Waals surface area (Å²) in [6, 6.07) is 121. The van der Waals surface area contributed by atoms with Crippen LogP contribution < -0.4 is 0 Å². The van der Waals surface area contributed by atoms with Gasteiger partial charge in [-0.1, -0.05) is 278 Å². The quantitative estimate of drug-likeness (QED) is 0.114. The molecule has 0 atom stereocenters. The van der Waals surface area contributed by atoms with E-state index in [1.54, 1.807) is 0 Å². The van der Waals surface area contributed by atoms with E-state index in [4.69, 9.17) is 29.9 Å². The van der Waals surface area contributed by atoms with E-state index in [-0.39, 0.29) is 0 Å². The van der Waals surface area contributed by atoms with E-state index in [9.17, 15) is 0 Å². The van der Waals surface area contributed by atoms with Gasteiger partial charge in [0, 0.05) is 66.3 Å². The van der Waals surface area contributed by atoms with Crippen molar-refractivity contribution in [1.29, 1.82) is 0 Å². The molecule has 0 aliphatic carbocycles. The third kappa shape index (κ3) is 11.0. The standard InChI is InChI=1S/C92H62N8/c1-59-25-23-35-65(49-59)67-45-47-85-81(57-67)79-41-19-21-43-83(79)99(85)73-53-69(51-71(55-73)91-95-87(61-27-7-3-8-28-61)93-88(96-91)62-29-9-4-10-30-62)75-37-15-17-39-77(75)78-40-18-16-38-76(78)70-52-72(92-97-89(63-31-11-5-12-32-63)94-90(98-92)64-33-13-6-14-34-64)56-74(54-70)100-84-44-22-20-42-80(84)82-58-68(46-48-86(82)100)66-36-24-26-60(2)50-66/h3-58H,1-2H3. The highest BCUT2D eigenvalue weighted by Gasteiger charge is 2.24. The Kier molecular flexibility index (Phi) is 14.8. The molecule has 0 aliphatic heterocycles. The summed E-state index contributed by atoms with van der Waals surface area (Å²) >= 11 is 0. The lowest BCUT2D eigenvalue weighted by atomic mass is 9.88. The van der Waals surface area contributed by atoms with Gasteiger partial charge < -0.3 is 9.13 Å². The lowest BCUT2D eigenvalue weighted by Gasteiger charge is -2.19. The second kappa shape index (κ2) is 25.0. The molecule has 18 aromatic rings. The maximum absolute atomic E-state index is 5.39. The van der Waals surface area contributed by atoms with E-state index in [0.717, 1.165) is 133 Å². The molecule has 0 fully saturated rings. The summed E-state index contributed by atoms with van der Waals surface area (Å²) in [5.41, 5.74) is 24.8. The Balaban J connectivity index is 0.870. The summed E-state index contributed by atoms with van der Waals surface area (Å²) in [4.78, 5) is 31.9. The average molecular weight is 1280 g/mol. The van der Waals surface area contributed by atoms with Gasteiger partial charge in [0.2, 0.25) is 0 Å². The fourth-order valence-electron chi connectivity index (χ4n) is 14.4. The second-order valence-corrected chi connectivity index (χ2v) is 25.6. The first-order valence-corrected chi connectivity index (χ1v) is 33.8. The van der Waals surface area contributed by atoms with Gasteiger partial charge in [0.1, 0.15) is 0 Å². The van der Waals surface area contributed by atoms with Crippen molar-refractivity contribution in [2.24, 2.45) is 0 Å². The number of aryl methyl sites for hydroxylation is 2. The normalized spacial score (nSPS) is 11.5. The predicted octanol–water partition coefficient (Wildman–Crippen LogP) is 23.2. The molecular formula is C92H62N8. The van der Waals surface area contributed by atoms with Gasteiger partial charge in [-0.15, -0.1) is 0 Å². The maximum atomic E-state index is 5.39. The molecule has 0 N–H and O–H groups in total. The summed E-state index contributed by atoms with van der Waals surface area (Å²) in [5, 5.41) is 4.64. The highest BCUT2D eigenvalue weighted by molar-refractivity contribution is 6.12. The number of fused-ring (bicyclic) bond motifs is 6. The van der Waals surface area contributed by atoms with Gasteiger partial charge in [-0.2, -0.15) is 0 Å². The highest BCUT2D eigenvalue weighted by Crippen LogP contribution is 2.45. The molecule has 100 heavy (non-hydrogen) atoms. The van der Waals surface area contributed by atoms with E-state index in [1.165, 1.54) is 22.3 Å². The molecular weight excluding hydrogens is 1220 g/mol. The van der Waals surface area contributed by atoms with Crippen LogP contribution in [0.5, 0.6) is 0 Å². The van der Waals surface area contributed by atoms with E-state index in [1.807, 2.05) is 72.8 Å². The Bertz CT molecular complexity index is 5680. The van der Waals surface area contributed by atoms with Crippen LogP contribution in [0.2, 0.25) is 0 Å². The van der Waals surface area contributed by atoms with E-state index < -0.39 is 0 Å². The molecule has 18 rings (SSSR count). The minimum atomic E-state index is 0.557. The SMILES string of the molecule is Cc1cccc(-c2ccc3c(c2)c2ccccc2n3-c2cc(-c3nc(-c4ccccc4)nc(-c4ccccc4)n3)cc(-c3ccccc3-c3ccccc3-c3cc(-c4nc(-c5ccccc5)nc(-c5ccccc5)n4)cc(-n4c5ccccc5c5cc(-c6cccc(C)c6)ccc54)c3)c2)c1. The van der Waals surface area contributed by atoms with Gasteiger partial charge in [-0.05, 0) is 142 Å². The topological polar surface area (TPSA) is 87.2 Å². The third-order valence-electron chi connectivity index (χ3n) is 19.1. The van der Waals surface area contributed by atoms with Crippen molar-refractivity contribution in [3.05, 3.63) is 351 Å². The van der Waals surface area contributed by atoms with Gasteiger partial charge in [0.15, 0.2) is 34.9 Å². The van der Waals surface area contributed by atoms with E-state index >= 15 is 0 Å². The van der Waals surface area contributed by atoms with Crippen molar-refractivity contribution in [2.75, 3.05) is 0 Å². The summed E-state index contributed by atoms with van der Waals surface area (Å²) in [7, 11) is 0. The Hall–Kier alpha value is -13.3. The highest BCUT2D eigenvalue weighted by atomic mass is 15.1. The Morgan fingerprint density at radius 2 is 0.460 bits per heavy atom. The Morgan fingerprint density at radius 1 is 0.180 bits per heavy atom. The molecule has 0 radical (unpaired) electrons. The average Bonchev–Trinajstić information content (AvgIpc) is 1.52. The molecule has 0 bridgehead atoms. The molecule has 8 nitrogen and oxygen atoms in total. The Morgan fingerprint density at radius 3 is 0.820 bits per heavy atom. The number of nitrogens with zero attached hydrogens (tertiary/aromatic N) is 8. The molecule has 0 saturated carbocycles. The number of hydrogen-bond donors (Lipinski definition) is 0. The number of rotatable bonds is 13. The van der Waals surface area contributed by atoms with Crippen molar-refractivity contribution < 1.29 is 0 Å².